The maximum absolute atomic E-state index is 10.1. The van der Waals surface area contributed by atoms with Gasteiger partial charge in [-0.05, 0) is 29.7 Å². The zero-order valence-corrected chi connectivity index (χ0v) is 9.98. The minimum Gasteiger partial charge on any atom is -0.504 e. The van der Waals surface area contributed by atoms with Gasteiger partial charge in [-0.25, -0.2) is 0 Å². The summed E-state index contributed by atoms with van der Waals surface area (Å²) in [5.74, 6) is 1.63. The van der Waals surface area contributed by atoms with Crippen LogP contribution in [0.3, 0.4) is 0 Å². The van der Waals surface area contributed by atoms with Gasteiger partial charge >= 0.3 is 0 Å². The molecular weight excluding hydrogens is 220 g/mol. The highest BCUT2D eigenvalue weighted by Crippen LogP contribution is 2.43. The third-order valence-electron chi connectivity index (χ3n) is 2.66. The van der Waals surface area contributed by atoms with Gasteiger partial charge in [0.2, 0.25) is 5.75 Å². The lowest BCUT2D eigenvalue weighted by molar-refractivity contribution is 0.335. The Morgan fingerprint density at radius 3 is 2.29 bits per heavy atom. The summed E-state index contributed by atoms with van der Waals surface area (Å²) >= 11 is 0. The van der Waals surface area contributed by atoms with E-state index < -0.39 is 0 Å². The molecule has 0 saturated heterocycles. The predicted molar refractivity (Wildman–Crippen MR) is 65.3 cm³/mol. The van der Waals surface area contributed by atoms with Gasteiger partial charge in [0.25, 0.3) is 0 Å². The molecule has 0 heterocycles. The van der Waals surface area contributed by atoms with E-state index in [9.17, 15) is 5.11 Å². The van der Waals surface area contributed by atoms with Crippen LogP contribution < -0.4 is 14.2 Å². The van der Waals surface area contributed by atoms with Gasteiger partial charge in [-0.1, -0.05) is 0 Å². The van der Waals surface area contributed by atoms with Crippen molar-refractivity contribution in [3.05, 3.63) is 24.3 Å². The largest absolute Gasteiger partial charge is 0.504 e. The van der Waals surface area contributed by atoms with E-state index in [-0.39, 0.29) is 5.75 Å². The lowest BCUT2D eigenvalue weighted by atomic mass is 10.1. The Kier molecular flexibility index (Phi) is 2.95. The average Bonchev–Trinajstić information content (AvgIpc) is 2.37. The number of rotatable bonds is 3. The van der Waals surface area contributed by atoms with Crippen LogP contribution in [0, 0.1) is 0 Å². The highest BCUT2D eigenvalue weighted by atomic mass is 16.5. The molecule has 0 aliphatic heterocycles. The number of aromatic hydroxyl groups is 1. The summed E-state index contributed by atoms with van der Waals surface area (Å²) in [4.78, 5) is 0. The van der Waals surface area contributed by atoms with Crippen molar-refractivity contribution in [2.45, 2.75) is 0 Å². The van der Waals surface area contributed by atoms with Gasteiger partial charge in [0.05, 0.1) is 21.3 Å². The Labute approximate surface area is 99.3 Å². The van der Waals surface area contributed by atoms with Gasteiger partial charge in [-0.2, -0.15) is 0 Å². The second-order valence-corrected chi connectivity index (χ2v) is 3.55. The summed E-state index contributed by atoms with van der Waals surface area (Å²) in [7, 11) is 4.62. The van der Waals surface area contributed by atoms with Crippen molar-refractivity contribution in [3.8, 4) is 23.0 Å². The van der Waals surface area contributed by atoms with Crippen LogP contribution in [0.1, 0.15) is 0 Å². The van der Waals surface area contributed by atoms with Crippen molar-refractivity contribution < 1.29 is 19.3 Å². The van der Waals surface area contributed by atoms with E-state index in [1.165, 1.54) is 14.2 Å². The van der Waals surface area contributed by atoms with E-state index in [0.717, 1.165) is 11.1 Å². The van der Waals surface area contributed by atoms with Crippen molar-refractivity contribution in [1.82, 2.24) is 0 Å². The lowest BCUT2D eigenvalue weighted by Gasteiger charge is -2.12. The second kappa shape index (κ2) is 4.41. The van der Waals surface area contributed by atoms with E-state index in [1.54, 1.807) is 25.3 Å². The van der Waals surface area contributed by atoms with Gasteiger partial charge in [-0.15, -0.1) is 0 Å². The first-order valence-corrected chi connectivity index (χ1v) is 5.13. The number of benzene rings is 2. The van der Waals surface area contributed by atoms with E-state index in [4.69, 9.17) is 14.2 Å². The minimum atomic E-state index is 0.0736. The molecule has 2 aromatic rings. The molecule has 0 fully saturated rings. The molecule has 0 amide bonds. The summed E-state index contributed by atoms with van der Waals surface area (Å²) in [6, 6.07) is 7.20. The number of methoxy groups -OCH3 is 3. The highest BCUT2D eigenvalue weighted by molar-refractivity contribution is 5.93. The summed E-state index contributed by atoms with van der Waals surface area (Å²) < 4.78 is 15.4. The van der Waals surface area contributed by atoms with E-state index in [2.05, 4.69) is 0 Å². The van der Waals surface area contributed by atoms with E-state index in [0.29, 0.717) is 16.9 Å². The Morgan fingerprint density at radius 1 is 0.941 bits per heavy atom. The lowest BCUT2D eigenvalue weighted by Crippen LogP contribution is -1.92. The molecule has 0 aliphatic carbocycles. The molecule has 0 atom stereocenters. The maximum Gasteiger partial charge on any atom is 0.203 e. The van der Waals surface area contributed by atoms with Gasteiger partial charge in [0.15, 0.2) is 11.5 Å². The van der Waals surface area contributed by atoms with E-state index in [1.807, 2.05) is 6.07 Å². The molecule has 0 bridgehead atoms. The quantitative estimate of drug-likeness (QED) is 0.886. The molecule has 0 radical (unpaired) electrons. The monoisotopic (exact) mass is 234 g/mol. The third kappa shape index (κ3) is 1.82. The van der Waals surface area contributed by atoms with E-state index >= 15 is 0 Å². The van der Waals surface area contributed by atoms with Crippen LogP contribution >= 0.6 is 0 Å². The van der Waals surface area contributed by atoms with Crippen molar-refractivity contribution in [3.63, 3.8) is 0 Å². The molecule has 4 heteroatoms. The number of ether oxygens (including phenoxy) is 3. The fraction of sp³-hybridized carbons (Fsp3) is 0.231. The number of phenolic OH excluding ortho intramolecular Hbond substituents is 1. The first-order chi connectivity index (χ1) is 8.21. The first-order valence-electron chi connectivity index (χ1n) is 5.13. The molecule has 90 valence electrons. The average molecular weight is 234 g/mol. The number of hydrogen-bond acceptors (Lipinski definition) is 4. The standard InChI is InChI=1S/C13H14O4/c1-15-9-4-5-10-8(6-9)7-11(16-2)13(17-3)12(10)14/h4-7,14H,1-3H3. The molecule has 2 rings (SSSR count). The van der Waals surface area contributed by atoms with Crippen molar-refractivity contribution in [2.24, 2.45) is 0 Å². The molecule has 17 heavy (non-hydrogen) atoms. The zero-order valence-electron chi connectivity index (χ0n) is 9.98. The molecule has 0 aromatic heterocycles. The SMILES string of the molecule is COc1ccc2c(O)c(OC)c(OC)cc2c1. The fourth-order valence-electron chi connectivity index (χ4n) is 1.80. The Bertz CT molecular complexity index is 549. The zero-order chi connectivity index (χ0) is 12.4. The Morgan fingerprint density at radius 2 is 1.71 bits per heavy atom. The van der Waals surface area contributed by atoms with Crippen LogP contribution in [-0.4, -0.2) is 26.4 Å². The van der Waals surface area contributed by atoms with Crippen molar-refractivity contribution in [1.29, 1.82) is 0 Å². The summed E-state index contributed by atoms with van der Waals surface area (Å²) in [5, 5.41) is 11.6. The molecule has 0 saturated carbocycles. The Balaban J connectivity index is 2.75. The van der Waals surface area contributed by atoms with Gasteiger partial charge in [0, 0.05) is 5.39 Å². The maximum atomic E-state index is 10.1. The summed E-state index contributed by atoms with van der Waals surface area (Å²) in [6.45, 7) is 0. The topological polar surface area (TPSA) is 47.9 Å². The first kappa shape index (κ1) is 11.4. The fourth-order valence-corrected chi connectivity index (χ4v) is 1.80. The van der Waals surface area contributed by atoms with Crippen LogP contribution in [0.15, 0.2) is 24.3 Å². The highest BCUT2D eigenvalue weighted by Gasteiger charge is 2.14. The van der Waals surface area contributed by atoms with Crippen molar-refractivity contribution in [2.75, 3.05) is 21.3 Å². The summed E-state index contributed by atoms with van der Waals surface area (Å²) in [5.41, 5.74) is 0. The normalized spacial score (nSPS) is 10.3. The molecule has 2 aromatic carbocycles. The Hall–Kier alpha value is -2.10. The van der Waals surface area contributed by atoms with Crippen LogP contribution in [0.4, 0.5) is 0 Å². The van der Waals surface area contributed by atoms with Crippen LogP contribution in [0.5, 0.6) is 23.0 Å². The second-order valence-electron chi connectivity index (χ2n) is 3.55. The minimum absolute atomic E-state index is 0.0736. The molecule has 1 N–H and O–H groups in total. The summed E-state index contributed by atoms with van der Waals surface area (Å²) in [6.07, 6.45) is 0. The molecule has 4 nitrogen and oxygen atoms in total. The van der Waals surface area contributed by atoms with Gasteiger partial charge < -0.3 is 19.3 Å². The van der Waals surface area contributed by atoms with Crippen LogP contribution in [-0.2, 0) is 0 Å². The van der Waals surface area contributed by atoms with Gasteiger partial charge in [0.1, 0.15) is 5.75 Å². The van der Waals surface area contributed by atoms with Crippen molar-refractivity contribution >= 4 is 10.8 Å². The van der Waals surface area contributed by atoms with Crippen LogP contribution in [0.25, 0.3) is 10.8 Å². The predicted octanol–water partition coefficient (Wildman–Crippen LogP) is 2.57. The number of phenols is 1. The third-order valence-corrected chi connectivity index (χ3v) is 2.66. The van der Waals surface area contributed by atoms with Crippen LogP contribution in [0.2, 0.25) is 0 Å². The molecular formula is C13H14O4. The molecule has 0 aliphatic rings. The molecule has 0 spiro atoms. The number of hydrogen-bond donors (Lipinski definition) is 1. The molecule has 0 unspecified atom stereocenters. The number of fused-ring (bicyclic) bond motifs is 1. The smallest absolute Gasteiger partial charge is 0.203 e. The van der Waals surface area contributed by atoms with Gasteiger partial charge in [-0.3, -0.25) is 0 Å².